The third-order valence-corrected chi connectivity index (χ3v) is 3.37. The molecular weight excluding hydrogens is 212 g/mol. The van der Waals surface area contributed by atoms with Crippen LogP contribution in [0.2, 0.25) is 0 Å². The number of aryl methyl sites for hydroxylation is 1. The molecule has 2 rings (SSSR count). The number of rotatable bonds is 5. The smallest absolute Gasteiger partial charge is 0.147 e. The van der Waals surface area contributed by atoms with Crippen molar-refractivity contribution in [1.29, 1.82) is 0 Å². The van der Waals surface area contributed by atoms with Crippen LogP contribution in [-0.4, -0.2) is 21.3 Å². The first-order valence-electron chi connectivity index (χ1n) is 6.89. The van der Waals surface area contributed by atoms with Gasteiger partial charge in [0.1, 0.15) is 11.6 Å². The highest BCUT2D eigenvalue weighted by Gasteiger charge is 2.13. The second kappa shape index (κ2) is 6.15. The number of aromatic nitrogens is 3. The van der Waals surface area contributed by atoms with Crippen molar-refractivity contribution in [1.82, 2.24) is 20.1 Å². The molecule has 1 N–H and O–H groups in total. The van der Waals surface area contributed by atoms with E-state index in [1.54, 1.807) is 0 Å². The third-order valence-electron chi connectivity index (χ3n) is 3.37. The van der Waals surface area contributed by atoms with Gasteiger partial charge in [-0.2, -0.15) is 0 Å². The van der Waals surface area contributed by atoms with E-state index in [1.807, 2.05) is 0 Å². The predicted molar refractivity (Wildman–Crippen MR) is 68.7 cm³/mol. The molecule has 0 aromatic carbocycles. The van der Waals surface area contributed by atoms with Gasteiger partial charge in [0.2, 0.25) is 0 Å². The Labute approximate surface area is 104 Å². The van der Waals surface area contributed by atoms with Gasteiger partial charge in [0.05, 0.1) is 6.54 Å². The number of hydrogen-bond acceptors (Lipinski definition) is 3. The van der Waals surface area contributed by atoms with Crippen molar-refractivity contribution in [2.75, 3.05) is 6.54 Å². The maximum atomic E-state index is 4.31. The van der Waals surface area contributed by atoms with Crippen molar-refractivity contribution < 1.29 is 0 Å². The largest absolute Gasteiger partial charge is 0.314 e. The number of fused-ring (bicyclic) bond motifs is 1. The fourth-order valence-electron chi connectivity index (χ4n) is 2.27. The zero-order valence-corrected chi connectivity index (χ0v) is 11.1. The zero-order chi connectivity index (χ0) is 12.1. The minimum absolute atomic E-state index is 0.762. The maximum absolute atomic E-state index is 4.31. The summed E-state index contributed by atoms with van der Waals surface area (Å²) in [5, 5.41) is 12.1. The minimum Gasteiger partial charge on any atom is -0.314 e. The van der Waals surface area contributed by atoms with E-state index in [1.165, 1.54) is 31.5 Å². The van der Waals surface area contributed by atoms with Gasteiger partial charge in [-0.1, -0.05) is 20.3 Å². The Morgan fingerprint density at radius 1 is 1.24 bits per heavy atom. The summed E-state index contributed by atoms with van der Waals surface area (Å²) in [6.07, 6.45) is 6.17. The van der Waals surface area contributed by atoms with Gasteiger partial charge in [0.25, 0.3) is 0 Å². The van der Waals surface area contributed by atoms with E-state index in [2.05, 4.69) is 33.9 Å². The molecule has 1 aliphatic heterocycles. The first-order chi connectivity index (χ1) is 8.27. The number of nitrogens with one attached hydrogen (secondary N) is 1. The molecule has 0 bridgehead atoms. The molecule has 0 saturated heterocycles. The molecule has 4 nitrogen and oxygen atoms in total. The lowest BCUT2D eigenvalue weighted by Gasteiger charge is -2.09. The summed E-state index contributed by atoms with van der Waals surface area (Å²) in [4.78, 5) is 0. The molecular formula is C13H24N4. The molecule has 1 aromatic heterocycles. The minimum atomic E-state index is 0.762. The second-order valence-electron chi connectivity index (χ2n) is 5.35. The summed E-state index contributed by atoms with van der Waals surface area (Å²) >= 11 is 0. The Bertz CT molecular complexity index is 343. The van der Waals surface area contributed by atoms with Crippen molar-refractivity contribution in [3.05, 3.63) is 11.6 Å². The Balaban J connectivity index is 1.86. The molecule has 0 atom stereocenters. The van der Waals surface area contributed by atoms with Crippen LogP contribution in [0.25, 0.3) is 0 Å². The molecule has 0 saturated carbocycles. The summed E-state index contributed by atoms with van der Waals surface area (Å²) < 4.78 is 2.31. The summed E-state index contributed by atoms with van der Waals surface area (Å²) in [7, 11) is 0. The highest BCUT2D eigenvalue weighted by atomic mass is 15.3. The van der Waals surface area contributed by atoms with Crippen molar-refractivity contribution in [3.63, 3.8) is 0 Å². The first kappa shape index (κ1) is 12.6. The highest BCUT2D eigenvalue weighted by Crippen LogP contribution is 2.14. The molecule has 0 spiro atoms. The maximum Gasteiger partial charge on any atom is 0.147 e. The van der Waals surface area contributed by atoms with Crippen molar-refractivity contribution >= 4 is 0 Å². The summed E-state index contributed by atoms with van der Waals surface area (Å²) in [5.41, 5.74) is 0. The lowest BCUT2D eigenvalue weighted by molar-refractivity contribution is 0.517. The Kier molecular flexibility index (Phi) is 4.54. The van der Waals surface area contributed by atoms with E-state index in [0.717, 1.165) is 37.8 Å². The quantitative estimate of drug-likeness (QED) is 0.797. The first-order valence-corrected chi connectivity index (χ1v) is 6.89. The molecule has 96 valence electrons. The van der Waals surface area contributed by atoms with Crippen LogP contribution < -0.4 is 5.32 Å². The SMILES string of the molecule is CC(C)CCNCc1nnc2n1CCCCC2. The highest BCUT2D eigenvalue weighted by molar-refractivity contribution is 4.97. The molecule has 0 aliphatic carbocycles. The fourth-order valence-corrected chi connectivity index (χ4v) is 2.27. The Hall–Kier alpha value is -0.900. The number of nitrogens with zero attached hydrogens (tertiary/aromatic N) is 3. The lowest BCUT2D eigenvalue weighted by Crippen LogP contribution is -2.19. The van der Waals surface area contributed by atoms with Crippen LogP contribution in [0.4, 0.5) is 0 Å². The van der Waals surface area contributed by atoms with Gasteiger partial charge < -0.3 is 9.88 Å². The van der Waals surface area contributed by atoms with Crippen molar-refractivity contribution in [2.24, 2.45) is 5.92 Å². The normalized spacial score (nSPS) is 15.9. The third kappa shape index (κ3) is 3.53. The van der Waals surface area contributed by atoms with Crippen LogP contribution in [0, 0.1) is 5.92 Å². The molecule has 0 unspecified atom stereocenters. The average molecular weight is 236 g/mol. The van der Waals surface area contributed by atoms with Crippen LogP contribution in [0.5, 0.6) is 0 Å². The van der Waals surface area contributed by atoms with Crippen LogP contribution in [0.15, 0.2) is 0 Å². The van der Waals surface area contributed by atoms with Gasteiger partial charge in [-0.25, -0.2) is 0 Å². The molecule has 0 fully saturated rings. The summed E-state index contributed by atoms with van der Waals surface area (Å²) in [5.74, 6) is 3.06. The standard InChI is InChI=1S/C13H24N4/c1-11(2)7-8-14-10-13-16-15-12-6-4-3-5-9-17(12)13/h11,14H,3-10H2,1-2H3. The van der Waals surface area contributed by atoms with E-state index < -0.39 is 0 Å². The van der Waals surface area contributed by atoms with Gasteiger partial charge >= 0.3 is 0 Å². The number of hydrogen-bond donors (Lipinski definition) is 1. The summed E-state index contributed by atoms with van der Waals surface area (Å²) in [6, 6.07) is 0. The zero-order valence-electron chi connectivity index (χ0n) is 11.1. The van der Waals surface area contributed by atoms with Crippen LogP contribution in [0.1, 0.15) is 51.2 Å². The Morgan fingerprint density at radius 2 is 2.12 bits per heavy atom. The van der Waals surface area contributed by atoms with Crippen LogP contribution >= 0.6 is 0 Å². The predicted octanol–water partition coefficient (Wildman–Crippen LogP) is 2.14. The van der Waals surface area contributed by atoms with Crippen LogP contribution in [-0.2, 0) is 19.5 Å². The van der Waals surface area contributed by atoms with E-state index in [-0.39, 0.29) is 0 Å². The average Bonchev–Trinajstić information content (AvgIpc) is 2.54. The van der Waals surface area contributed by atoms with Crippen molar-refractivity contribution in [2.45, 2.75) is 59.0 Å². The van der Waals surface area contributed by atoms with Crippen LogP contribution in [0.3, 0.4) is 0 Å². The van der Waals surface area contributed by atoms with Gasteiger partial charge in [0, 0.05) is 13.0 Å². The molecule has 0 amide bonds. The lowest BCUT2D eigenvalue weighted by atomic mass is 10.1. The van der Waals surface area contributed by atoms with Gasteiger partial charge in [-0.3, -0.25) is 0 Å². The van der Waals surface area contributed by atoms with E-state index >= 15 is 0 Å². The molecule has 0 radical (unpaired) electrons. The van der Waals surface area contributed by atoms with Gasteiger partial charge in [-0.05, 0) is 31.7 Å². The topological polar surface area (TPSA) is 42.7 Å². The molecule has 2 heterocycles. The van der Waals surface area contributed by atoms with E-state index in [4.69, 9.17) is 0 Å². The summed E-state index contributed by atoms with van der Waals surface area (Å²) in [6.45, 7) is 7.54. The molecule has 17 heavy (non-hydrogen) atoms. The second-order valence-corrected chi connectivity index (χ2v) is 5.35. The molecule has 4 heteroatoms. The molecule has 1 aliphatic rings. The van der Waals surface area contributed by atoms with Gasteiger partial charge in [0.15, 0.2) is 0 Å². The molecule has 1 aromatic rings. The van der Waals surface area contributed by atoms with Gasteiger partial charge in [-0.15, -0.1) is 10.2 Å². The Morgan fingerprint density at radius 3 is 2.94 bits per heavy atom. The van der Waals surface area contributed by atoms with E-state index in [0.29, 0.717) is 0 Å². The monoisotopic (exact) mass is 236 g/mol. The fraction of sp³-hybridized carbons (Fsp3) is 0.846. The van der Waals surface area contributed by atoms with E-state index in [9.17, 15) is 0 Å². The van der Waals surface area contributed by atoms with Crippen molar-refractivity contribution in [3.8, 4) is 0 Å².